The molecule has 2 fully saturated rings. The molecule has 0 radical (unpaired) electrons. The quantitative estimate of drug-likeness (QED) is 0.820. The molecule has 28 heavy (non-hydrogen) atoms. The van der Waals surface area contributed by atoms with E-state index in [0.29, 0.717) is 11.6 Å². The van der Waals surface area contributed by atoms with Gasteiger partial charge >= 0.3 is 0 Å². The van der Waals surface area contributed by atoms with E-state index in [2.05, 4.69) is 38.9 Å². The number of piperazine rings is 1. The SMILES string of the molecule is Cc1ccc(C2CCN(C(=O)c3cccc(N4CCN(C)CC4)n3)CC2)cn1. The second-order valence-electron chi connectivity index (χ2n) is 7.97. The van der Waals surface area contributed by atoms with Crippen LogP contribution in [0.5, 0.6) is 0 Å². The van der Waals surface area contributed by atoms with E-state index in [9.17, 15) is 4.79 Å². The molecule has 1 amide bonds. The van der Waals surface area contributed by atoms with E-state index in [1.165, 1.54) is 5.56 Å². The lowest BCUT2D eigenvalue weighted by molar-refractivity contribution is 0.0707. The third-order valence-electron chi connectivity index (χ3n) is 5.97. The molecular weight excluding hydrogens is 350 g/mol. The maximum atomic E-state index is 13.0. The van der Waals surface area contributed by atoms with Gasteiger partial charge in [0.2, 0.25) is 0 Å². The van der Waals surface area contributed by atoms with Gasteiger partial charge in [-0.15, -0.1) is 0 Å². The predicted molar refractivity (Wildman–Crippen MR) is 111 cm³/mol. The van der Waals surface area contributed by atoms with Crippen molar-refractivity contribution < 1.29 is 4.79 Å². The number of carbonyl (C=O) groups excluding carboxylic acids is 1. The Balaban J connectivity index is 1.38. The van der Waals surface area contributed by atoms with E-state index in [1.807, 2.05) is 36.2 Å². The molecule has 0 unspecified atom stereocenters. The van der Waals surface area contributed by atoms with Gasteiger partial charge in [-0.25, -0.2) is 4.98 Å². The average molecular weight is 380 g/mol. The molecule has 0 spiro atoms. The summed E-state index contributed by atoms with van der Waals surface area (Å²) in [6.45, 7) is 7.53. The van der Waals surface area contributed by atoms with Gasteiger partial charge in [0.05, 0.1) is 0 Å². The number of rotatable bonds is 3. The zero-order chi connectivity index (χ0) is 19.5. The zero-order valence-corrected chi connectivity index (χ0v) is 16.8. The molecule has 2 aromatic heterocycles. The average Bonchev–Trinajstić information content (AvgIpc) is 2.74. The first kappa shape index (κ1) is 18.9. The molecule has 0 aromatic carbocycles. The van der Waals surface area contributed by atoms with Crippen LogP contribution in [0.4, 0.5) is 5.82 Å². The van der Waals surface area contributed by atoms with Gasteiger partial charge in [-0.2, -0.15) is 0 Å². The third kappa shape index (κ3) is 4.17. The number of carbonyl (C=O) groups is 1. The number of aryl methyl sites for hydroxylation is 1. The number of likely N-dealkylation sites (N-methyl/N-ethyl adjacent to an activating group) is 1. The Morgan fingerprint density at radius 3 is 2.43 bits per heavy atom. The number of pyridine rings is 2. The topological polar surface area (TPSA) is 52.6 Å². The first-order valence-electron chi connectivity index (χ1n) is 10.2. The first-order valence-corrected chi connectivity index (χ1v) is 10.2. The number of nitrogens with zero attached hydrogens (tertiary/aromatic N) is 5. The summed E-state index contributed by atoms with van der Waals surface area (Å²) >= 11 is 0. The summed E-state index contributed by atoms with van der Waals surface area (Å²) < 4.78 is 0. The van der Waals surface area contributed by atoms with Crippen LogP contribution in [0, 0.1) is 6.92 Å². The van der Waals surface area contributed by atoms with E-state index in [4.69, 9.17) is 0 Å². The Morgan fingerprint density at radius 1 is 1.00 bits per heavy atom. The van der Waals surface area contributed by atoms with Crippen LogP contribution >= 0.6 is 0 Å². The van der Waals surface area contributed by atoms with Crippen LogP contribution in [0.25, 0.3) is 0 Å². The van der Waals surface area contributed by atoms with Crippen LogP contribution in [0.2, 0.25) is 0 Å². The van der Waals surface area contributed by atoms with Gasteiger partial charge in [0.1, 0.15) is 11.5 Å². The number of likely N-dealkylation sites (tertiary alicyclic amines) is 1. The van der Waals surface area contributed by atoms with Crippen LogP contribution in [0.3, 0.4) is 0 Å². The second kappa shape index (κ2) is 8.27. The Hall–Kier alpha value is -2.47. The van der Waals surface area contributed by atoms with Crippen molar-refractivity contribution in [3.63, 3.8) is 0 Å². The lowest BCUT2D eigenvalue weighted by Crippen LogP contribution is -2.45. The largest absolute Gasteiger partial charge is 0.354 e. The molecule has 4 heterocycles. The first-order chi connectivity index (χ1) is 13.6. The van der Waals surface area contributed by atoms with Crippen molar-refractivity contribution in [1.29, 1.82) is 0 Å². The monoisotopic (exact) mass is 379 g/mol. The van der Waals surface area contributed by atoms with Crippen LogP contribution in [-0.2, 0) is 0 Å². The van der Waals surface area contributed by atoms with Crippen molar-refractivity contribution >= 4 is 11.7 Å². The number of piperidine rings is 1. The van der Waals surface area contributed by atoms with E-state index in [1.54, 1.807) is 0 Å². The number of amides is 1. The summed E-state index contributed by atoms with van der Waals surface area (Å²) in [6.07, 6.45) is 3.95. The lowest BCUT2D eigenvalue weighted by atomic mass is 9.90. The summed E-state index contributed by atoms with van der Waals surface area (Å²) in [5.74, 6) is 1.46. The maximum absolute atomic E-state index is 13.0. The fourth-order valence-electron chi connectivity index (χ4n) is 4.05. The molecule has 6 heteroatoms. The van der Waals surface area contributed by atoms with E-state index >= 15 is 0 Å². The van der Waals surface area contributed by atoms with Gasteiger partial charge in [0.15, 0.2) is 0 Å². The molecule has 4 rings (SSSR count). The summed E-state index contributed by atoms with van der Waals surface area (Å²) in [4.78, 5) is 28.6. The number of hydrogen-bond donors (Lipinski definition) is 0. The van der Waals surface area contributed by atoms with Gasteiger partial charge in [0.25, 0.3) is 5.91 Å². The number of aromatic nitrogens is 2. The lowest BCUT2D eigenvalue weighted by Gasteiger charge is -2.34. The van der Waals surface area contributed by atoms with Crippen molar-refractivity contribution in [2.45, 2.75) is 25.7 Å². The van der Waals surface area contributed by atoms with Crippen LogP contribution in [-0.4, -0.2) is 72.0 Å². The molecular formula is C22H29N5O. The van der Waals surface area contributed by atoms with E-state index < -0.39 is 0 Å². The predicted octanol–water partition coefficient (Wildman–Crippen LogP) is 2.56. The van der Waals surface area contributed by atoms with Gasteiger partial charge in [-0.3, -0.25) is 9.78 Å². The fourth-order valence-corrected chi connectivity index (χ4v) is 4.05. The van der Waals surface area contributed by atoms with Crippen molar-refractivity contribution in [3.05, 3.63) is 53.5 Å². The highest BCUT2D eigenvalue weighted by molar-refractivity contribution is 5.92. The molecule has 0 N–H and O–H groups in total. The van der Waals surface area contributed by atoms with Gasteiger partial charge in [0, 0.05) is 51.2 Å². The summed E-state index contributed by atoms with van der Waals surface area (Å²) in [5.41, 5.74) is 2.89. The van der Waals surface area contributed by atoms with Crippen molar-refractivity contribution in [2.75, 3.05) is 51.2 Å². The second-order valence-corrected chi connectivity index (χ2v) is 7.97. The van der Waals surface area contributed by atoms with Crippen molar-refractivity contribution in [1.82, 2.24) is 19.8 Å². The number of anilines is 1. The molecule has 0 atom stereocenters. The van der Waals surface area contributed by atoms with Gasteiger partial charge in [-0.05, 0) is 56.5 Å². The van der Waals surface area contributed by atoms with Crippen LogP contribution < -0.4 is 4.90 Å². The molecule has 148 valence electrons. The van der Waals surface area contributed by atoms with Crippen molar-refractivity contribution in [3.8, 4) is 0 Å². The Bertz CT molecular complexity index is 806. The third-order valence-corrected chi connectivity index (χ3v) is 5.97. The minimum Gasteiger partial charge on any atom is -0.354 e. The van der Waals surface area contributed by atoms with Crippen molar-refractivity contribution in [2.24, 2.45) is 0 Å². The highest BCUT2D eigenvalue weighted by Gasteiger charge is 2.26. The Morgan fingerprint density at radius 2 is 1.75 bits per heavy atom. The minimum absolute atomic E-state index is 0.0523. The molecule has 0 bridgehead atoms. The fraction of sp³-hybridized carbons (Fsp3) is 0.500. The highest BCUT2D eigenvalue weighted by Crippen LogP contribution is 2.28. The zero-order valence-electron chi connectivity index (χ0n) is 16.8. The standard InChI is InChI=1S/C22H29N5O/c1-17-6-7-19(16-23-17)18-8-10-27(11-9-18)22(28)20-4-3-5-21(24-20)26-14-12-25(2)13-15-26/h3-7,16,18H,8-15H2,1-2H3. The molecule has 6 nitrogen and oxygen atoms in total. The Kier molecular flexibility index (Phi) is 5.57. The minimum atomic E-state index is 0.0523. The molecule has 2 aliphatic rings. The summed E-state index contributed by atoms with van der Waals surface area (Å²) in [5, 5.41) is 0. The molecule has 0 saturated carbocycles. The van der Waals surface area contributed by atoms with E-state index in [0.717, 1.165) is 63.6 Å². The maximum Gasteiger partial charge on any atom is 0.272 e. The molecule has 2 saturated heterocycles. The molecule has 2 aliphatic heterocycles. The molecule has 2 aromatic rings. The summed E-state index contributed by atoms with van der Waals surface area (Å²) in [6, 6.07) is 10.1. The smallest absolute Gasteiger partial charge is 0.272 e. The summed E-state index contributed by atoms with van der Waals surface area (Å²) in [7, 11) is 2.14. The van der Waals surface area contributed by atoms with Crippen LogP contribution in [0.15, 0.2) is 36.5 Å². The highest BCUT2D eigenvalue weighted by atomic mass is 16.2. The van der Waals surface area contributed by atoms with Gasteiger partial charge < -0.3 is 14.7 Å². The number of hydrogen-bond acceptors (Lipinski definition) is 5. The van der Waals surface area contributed by atoms with E-state index in [-0.39, 0.29) is 5.91 Å². The Labute approximate surface area is 167 Å². The molecule has 0 aliphatic carbocycles. The van der Waals surface area contributed by atoms with Crippen LogP contribution in [0.1, 0.15) is 40.5 Å². The normalized spacial score (nSPS) is 19.1. The van der Waals surface area contributed by atoms with Gasteiger partial charge in [-0.1, -0.05) is 12.1 Å².